The van der Waals surface area contributed by atoms with E-state index >= 15 is 0 Å². The number of ether oxygens (including phenoxy) is 3. The van der Waals surface area contributed by atoms with Crippen LogP contribution in [0, 0.1) is 70.0 Å². The fourth-order valence-electron chi connectivity index (χ4n) is 13.1. The fourth-order valence-corrected chi connectivity index (χ4v) is 13.1. The minimum atomic E-state index is -1.55. The maximum absolute atomic E-state index is 14.5. The molecular formula is C45H54O7. The highest BCUT2D eigenvalue weighted by atomic mass is 16.5. The van der Waals surface area contributed by atoms with Crippen molar-refractivity contribution in [3.63, 3.8) is 0 Å². The predicted molar refractivity (Wildman–Crippen MR) is 195 cm³/mol. The van der Waals surface area contributed by atoms with Gasteiger partial charge in [0.05, 0.1) is 35.9 Å². The van der Waals surface area contributed by atoms with E-state index in [-0.39, 0.29) is 65.3 Å². The van der Waals surface area contributed by atoms with Crippen LogP contribution in [-0.4, -0.2) is 75.5 Å². The van der Waals surface area contributed by atoms with Crippen molar-refractivity contribution in [3.8, 4) is 23.7 Å². The van der Waals surface area contributed by atoms with E-state index in [9.17, 15) is 20.1 Å². The molecule has 5 aliphatic heterocycles. The highest BCUT2D eigenvalue weighted by molar-refractivity contribution is 5.95. The smallest absolute Gasteiger partial charge is 0.170 e. The molecule has 3 saturated carbocycles. The molecule has 8 bridgehead atoms. The molecule has 0 unspecified atom stereocenters. The molecule has 5 aliphatic carbocycles. The molecule has 1 spiro atoms. The number of ketones is 1. The Morgan fingerprint density at radius 2 is 1.79 bits per heavy atom. The molecule has 276 valence electrons. The molecule has 7 nitrogen and oxygen atoms in total. The lowest BCUT2D eigenvalue weighted by Crippen LogP contribution is -2.66. The zero-order valence-electron chi connectivity index (χ0n) is 31.0. The number of hydrogen-bond donors (Lipinski definition) is 3. The molecule has 11 rings (SSSR count). The average molecular weight is 707 g/mol. The van der Waals surface area contributed by atoms with Crippen LogP contribution in [0.2, 0.25) is 0 Å². The van der Waals surface area contributed by atoms with Crippen molar-refractivity contribution < 1.29 is 34.3 Å². The van der Waals surface area contributed by atoms with Crippen LogP contribution in [0.1, 0.15) is 90.5 Å². The number of carbonyl (C=O) groups excluding carboxylic acids is 1. The van der Waals surface area contributed by atoms with Gasteiger partial charge in [-0.3, -0.25) is 4.79 Å². The minimum absolute atomic E-state index is 0.0141. The monoisotopic (exact) mass is 706 g/mol. The second kappa shape index (κ2) is 12.1. The van der Waals surface area contributed by atoms with E-state index in [1.807, 2.05) is 30.4 Å². The van der Waals surface area contributed by atoms with Gasteiger partial charge < -0.3 is 29.5 Å². The zero-order valence-corrected chi connectivity index (χ0v) is 31.0. The average Bonchev–Trinajstić information content (AvgIpc) is 3.64. The summed E-state index contributed by atoms with van der Waals surface area (Å²) < 4.78 is 20.4. The molecule has 7 heteroatoms. The summed E-state index contributed by atoms with van der Waals surface area (Å²) in [6.07, 6.45) is 8.86. The Labute approximate surface area is 308 Å². The van der Waals surface area contributed by atoms with Crippen LogP contribution in [0.4, 0.5) is 0 Å². The van der Waals surface area contributed by atoms with Crippen molar-refractivity contribution in [1.29, 1.82) is 0 Å². The summed E-state index contributed by atoms with van der Waals surface area (Å²) in [5, 5.41) is 37.2. The lowest BCUT2D eigenvalue weighted by molar-refractivity contribution is -0.220. The second-order valence-electron chi connectivity index (χ2n) is 18.2. The molecule has 10 aliphatic rings. The van der Waals surface area contributed by atoms with E-state index in [1.54, 1.807) is 13.0 Å². The molecule has 0 aromatic heterocycles. The fraction of sp³-hybridized carbons (Fsp3) is 0.667. The topological polar surface area (TPSA) is 105 Å². The maximum atomic E-state index is 14.5. The third kappa shape index (κ3) is 4.79. The van der Waals surface area contributed by atoms with Gasteiger partial charge in [0, 0.05) is 17.8 Å². The van der Waals surface area contributed by atoms with Crippen molar-refractivity contribution in [2.24, 2.45) is 46.3 Å². The number of aliphatic hydroxyl groups excluding tert-OH is 1. The molecule has 4 fully saturated rings. The van der Waals surface area contributed by atoms with Gasteiger partial charge in [0.25, 0.3) is 0 Å². The van der Waals surface area contributed by atoms with Gasteiger partial charge in [0.15, 0.2) is 11.4 Å². The molecule has 16 atom stereocenters. The molecule has 0 radical (unpaired) electrons. The third-order valence-electron chi connectivity index (χ3n) is 16.0. The lowest BCUT2D eigenvalue weighted by Gasteiger charge is -2.64. The van der Waals surface area contributed by atoms with E-state index in [1.165, 1.54) is 0 Å². The van der Waals surface area contributed by atoms with Crippen LogP contribution >= 0.6 is 0 Å². The van der Waals surface area contributed by atoms with E-state index in [0.717, 1.165) is 36.8 Å². The number of hydrogen-bond acceptors (Lipinski definition) is 7. The van der Waals surface area contributed by atoms with Crippen LogP contribution in [-0.2, 0) is 19.0 Å². The Kier molecular flexibility index (Phi) is 8.16. The van der Waals surface area contributed by atoms with Crippen molar-refractivity contribution in [2.45, 2.75) is 126 Å². The number of aliphatic hydroxyl groups is 3. The Morgan fingerprint density at radius 3 is 2.60 bits per heavy atom. The highest BCUT2D eigenvalue weighted by Crippen LogP contribution is 2.72. The van der Waals surface area contributed by atoms with Gasteiger partial charge in [-0.2, -0.15) is 0 Å². The van der Waals surface area contributed by atoms with Crippen molar-refractivity contribution in [1.82, 2.24) is 0 Å². The summed E-state index contributed by atoms with van der Waals surface area (Å²) >= 11 is 0. The van der Waals surface area contributed by atoms with Gasteiger partial charge in [-0.05, 0) is 110 Å². The molecule has 0 amide bonds. The molecule has 5 heterocycles. The van der Waals surface area contributed by atoms with Crippen molar-refractivity contribution in [3.05, 3.63) is 59.7 Å². The summed E-state index contributed by atoms with van der Waals surface area (Å²) in [5.74, 6) is 13.0. The SMILES string of the molecule is C[C@@H]1[C@H]2CC=C[C@@]3(O)C#CC[C@@H]4C[C@H]5C6=CC(=O)[C@@H]7C[C@H](CC[C@@]75C)OC[C@@H](c5ccccc5)C#CCO[C@]65CC[C@H]([C@](C)(O)[C@H](O)[C@H]1O[C@@H]23)[C@@]45C. The molecule has 1 aromatic rings. The van der Waals surface area contributed by atoms with E-state index < -0.39 is 40.5 Å². The number of carbonyl (C=O) groups is 1. The normalized spacial score (nSPS) is 51.8. The van der Waals surface area contributed by atoms with Gasteiger partial charge in [0.2, 0.25) is 0 Å². The number of allylic oxidation sites excluding steroid dienone is 2. The number of rotatable bonds is 1. The van der Waals surface area contributed by atoms with E-state index in [4.69, 9.17) is 14.2 Å². The van der Waals surface area contributed by atoms with Gasteiger partial charge in [-0.1, -0.05) is 80.9 Å². The third-order valence-corrected chi connectivity index (χ3v) is 16.0. The van der Waals surface area contributed by atoms with Gasteiger partial charge in [-0.15, -0.1) is 0 Å². The van der Waals surface area contributed by atoms with Gasteiger partial charge in [-0.25, -0.2) is 0 Å². The number of fused-ring (bicyclic) bond motifs is 3. The van der Waals surface area contributed by atoms with E-state index in [0.29, 0.717) is 32.3 Å². The molecule has 3 N–H and O–H groups in total. The predicted octanol–water partition coefficient (Wildman–Crippen LogP) is 5.53. The lowest BCUT2D eigenvalue weighted by atomic mass is 9.42. The second-order valence-corrected chi connectivity index (χ2v) is 18.2. The Balaban J connectivity index is 1.21. The van der Waals surface area contributed by atoms with Crippen LogP contribution < -0.4 is 0 Å². The maximum Gasteiger partial charge on any atom is 0.170 e. The molecule has 52 heavy (non-hydrogen) atoms. The van der Waals surface area contributed by atoms with Crippen LogP contribution in [0.15, 0.2) is 54.1 Å². The molecule has 1 saturated heterocycles. The first kappa shape index (κ1) is 35.0. The molecule has 1 aromatic carbocycles. The Bertz CT molecular complexity index is 1810. The van der Waals surface area contributed by atoms with Gasteiger partial charge in [0.1, 0.15) is 18.8 Å². The van der Waals surface area contributed by atoms with Crippen LogP contribution in [0.5, 0.6) is 0 Å². The van der Waals surface area contributed by atoms with Crippen molar-refractivity contribution in [2.75, 3.05) is 13.2 Å². The summed E-state index contributed by atoms with van der Waals surface area (Å²) in [4.78, 5) is 14.5. The quantitative estimate of drug-likeness (QED) is 0.261. The summed E-state index contributed by atoms with van der Waals surface area (Å²) in [5.41, 5.74) is -2.80. The minimum Gasteiger partial charge on any atom is -0.387 e. The van der Waals surface area contributed by atoms with Crippen molar-refractivity contribution >= 4 is 5.78 Å². The van der Waals surface area contributed by atoms with Crippen LogP contribution in [0.3, 0.4) is 0 Å². The Hall–Kier alpha value is -2.75. The molecular weight excluding hydrogens is 652 g/mol. The standard InChI is InChI=1S/C45H54O7/c1-27-32-15-9-19-44(49)18-8-14-30-23-33-34-25-36(46)35-24-31(16-20-41(33,35)2)50-26-29(28-11-6-5-7-12-28)13-10-22-51-45(34)21-17-37(42(30,45)3)43(4,48)39(47)38(27)52-40(32)44/h5-7,9,11-12,19,25,27,29-33,35,37-40,47-49H,14-17,20-24,26H2,1-4H3/t27-,29+,30-,31+,32-,33+,35+,37+,38+,39-,40+,41-,42-,43+,44+,45-/m1/s1. The largest absolute Gasteiger partial charge is 0.387 e. The summed E-state index contributed by atoms with van der Waals surface area (Å²) in [6, 6.07) is 10.3. The summed E-state index contributed by atoms with van der Waals surface area (Å²) in [7, 11) is 0. The first-order valence-corrected chi connectivity index (χ1v) is 19.8. The van der Waals surface area contributed by atoms with E-state index in [2.05, 4.69) is 56.6 Å². The zero-order chi connectivity index (χ0) is 36.3. The van der Waals surface area contributed by atoms with Crippen LogP contribution in [0.25, 0.3) is 0 Å². The first-order chi connectivity index (χ1) is 24.8. The number of benzene rings is 1. The Morgan fingerprint density at radius 1 is 0.981 bits per heavy atom. The van der Waals surface area contributed by atoms with Gasteiger partial charge >= 0.3 is 0 Å². The first-order valence-electron chi connectivity index (χ1n) is 19.8. The summed E-state index contributed by atoms with van der Waals surface area (Å²) in [6.45, 7) is 9.00. The highest BCUT2D eigenvalue weighted by Gasteiger charge is 2.73.